The van der Waals surface area contributed by atoms with E-state index >= 15 is 0 Å². The van der Waals surface area contributed by atoms with Gasteiger partial charge in [-0.3, -0.25) is 10.6 Å². The maximum atomic E-state index is 12.1. The Labute approximate surface area is 113 Å². The average Bonchev–Trinajstić information content (AvgIpc) is 2.42. The van der Waals surface area contributed by atoms with E-state index in [1.807, 2.05) is 0 Å². The van der Waals surface area contributed by atoms with Gasteiger partial charge in [-0.25, -0.2) is 4.98 Å². The van der Waals surface area contributed by atoms with Crippen LogP contribution in [-0.2, 0) is 0 Å². The number of likely N-dealkylation sites (tertiary alicyclic amines) is 1. The number of anilines is 1. The average molecular weight is 263 g/mol. The summed E-state index contributed by atoms with van der Waals surface area (Å²) in [6.07, 6.45) is 2.53. The molecule has 0 radical (unpaired) electrons. The molecule has 0 saturated carbocycles. The standard InChI is InChI=1S/C13H21N5O/c1-9-8-18(2)6-5-11(9)16-13(19)12-4-3-10(17-14)7-15-12/h3-4,7,9,11,17H,5-6,8,14H2,1-2H3,(H,16,19). The zero-order chi connectivity index (χ0) is 13.8. The van der Waals surface area contributed by atoms with E-state index in [1.165, 1.54) is 0 Å². The molecule has 2 atom stereocenters. The van der Waals surface area contributed by atoms with Crippen LogP contribution >= 0.6 is 0 Å². The SMILES string of the molecule is CC1CN(C)CCC1NC(=O)c1ccc(NN)cn1. The highest BCUT2D eigenvalue weighted by atomic mass is 16.1. The molecular formula is C13H21N5O. The monoisotopic (exact) mass is 263 g/mol. The number of hydrogen-bond acceptors (Lipinski definition) is 5. The molecule has 1 aliphatic rings. The second-order valence-electron chi connectivity index (χ2n) is 5.18. The van der Waals surface area contributed by atoms with E-state index < -0.39 is 0 Å². The second kappa shape index (κ2) is 5.99. The van der Waals surface area contributed by atoms with Crippen molar-refractivity contribution >= 4 is 11.6 Å². The summed E-state index contributed by atoms with van der Waals surface area (Å²) >= 11 is 0. The number of hydrazine groups is 1. The maximum Gasteiger partial charge on any atom is 0.270 e. The van der Waals surface area contributed by atoms with Crippen molar-refractivity contribution in [2.75, 3.05) is 25.6 Å². The zero-order valence-electron chi connectivity index (χ0n) is 11.4. The number of nitrogens with zero attached hydrogens (tertiary/aromatic N) is 2. The summed E-state index contributed by atoms with van der Waals surface area (Å²) in [6, 6.07) is 3.63. The van der Waals surface area contributed by atoms with E-state index in [9.17, 15) is 4.79 Å². The highest BCUT2D eigenvalue weighted by Crippen LogP contribution is 2.16. The fourth-order valence-corrected chi connectivity index (χ4v) is 2.42. The molecule has 4 N–H and O–H groups in total. The lowest BCUT2D eigenvalue weighted by molar-refractivity contribution is 0.0879. The number of aromatic nitrogens is 1. The molecule has 1 aromatic rings. The molecule has 2 unspecified atom stereocenters. The van der Waals surface area contributed by atoms with Crippen molar-refractivity contribution in [3.05, 3.63) is 24.0 Å². The van der Waals surface area contributed by atoms with Gasteiger partial charge in [0, 0.05) is 12.6 Å². The lowest BCUT2D eigenvalue weighted by Gasteiger charge is -2.35. The smallest absolute Gasteiger partial charge is 0.270 e. The molecule has 1 amide bonds. The summed E-state index contributed by atoms with van der Waals surface area (Å²) in [5.41, 5.74) is 3.59. The molecule has 6 heteroatoms. The van der Waals surface area contributed by atoms with Crippen LogP contribution in [0.2, 0.25) is 0 Å². The van der Waals surface area contributed by atoms with E-state index in [4.69, 9.17) is 5.84 Å². The number of nitrogen functional groups attached to an aromatic ring is 1. The van der Waals surface area contributed by atoms with Crippen molar-refractivity contribution in [3.8, 4) is 0 Å². The van der Waals surface area contributed by atoms with Gasteiger partial charge < -0.3 is 15.6 Å². The Balaban J connectivity index is 1.96. The zero-order valence-corrected chi connectivity index (χ0v) is 11.4. The number of nitrogens with one attached hydrogen (secondary N) is 2. The van der Waals surface area contributed by atoms with Crippen LogP contribution < -0.4 is 16.6 Å². The van der Waals surface area contributed by atoms with E-state index in [1.54, 1.807) is 18.3 Å². The highest BCUT2D eigenvalue weighted by Gasteiger charge is 2.25. The fourth-order valence-electron chi connectivity index (χ4n) is 2.42. The Morgan fingerprint density at radius 1 is 1.53 bits per heavy atom. The summed E-state index contributed by atoms with van der Waals surface area (Å²) in [6.45, 7) is 4.18. The molecule has 6 nitrogen and oxygen atoms in total. The molecule has 1 fully saturated rings. The van der Waals surface area contributed by atoms with Crippen molar-refractivity contribution < 1.29 is 4.79 Å². The topological polar surface area (TPSA) is 83.3 Å². The van der Waals surface area contributed by atoms with Gasteiger partial charge >= 0.3 is 0 Å². The van der Waals surface area contributed by atoms with Crippen LogP contribution in [0.3, 0.4) is 0 Å². The summed E-state index contributed by atoms with van der Waals surface area (Å²) in [7, 11) is 2.11. The molecule has 19 heavy (non-hydrogen) atoms. The second-order valence-corrected chi connectivity index (χ2v) is 5.18. The predicted octanol–water partition coefficient (Wildman–Crippen LogP) is 0.437. The van der Waals surface area contributed by atoms with Crippen LogP contribution in [0.5, 0.6) is 0 Å². The van der Waals surface area contributed by atoms with Crippen molar-refractivity contribution in [1.29, 1.82) is 0 Å². The quantitative estimate of drug-likeness (QED) is 0.544. The summed E-state index contributed by atoms with van der Waals surface area (Å²) in [4.78, 5) is 18.5. The van der Waals surface area contributed by atoms with Gasteiger partial charge in [0.15, 0.2) is 0 Å². The van der Waals surface area contributed by atoms with E-state index in [2.05, 4.69) is 34.6 Å². The van der Waals surface area contributed by atoms with Crippen molar-refractivity contribution in [3.63, 3.8) is 0 Å². The van der Waals surface area contributed by atoms with Crippen molar-refractivity contribution in [2.45, 2.75) is 19.4 Å². The molecule has 2 rings (SSSR count). The minimum Gasteiger partial charge on any atom is -0.348 e. The van der Waals surface area contributed by atoms with Gasteiger partial charge in [0.05, 0.1) is 11.9 Å². The first kappa shape index (κ1) is 13.8. The number of amides is 1. The lowest BCUT2D eigenvalue weighted by Crippen LogP contribution is -2.49. The Morgan fingerprint density at radius 3 is 2.89 bits per heavy atom. The number of pyridine rings is 1. The van der Waals surface area contributed by atoms with E-state index in [-0.39, 0.29) is 11.9 Å². The molecule has 1 aliphatic heterocycles. The minimum absolute atomic E-state index is 0.120. The first-order valence-electron chi connectivity index (χ1n) is 6.52. The molecule has 0 bridgehead atoms. The van der Waals surface area contributed by atoms with E-state index in [0.29, 0.717) is 17.3 Å². The lowest BCUT2D eigenvalue weighted by atomic mass is 9.94. The molecule has 1 aromatic heterocycles. The molecular weight excluding hydrogens is 242 g/mol. The summed E-state index contributed by atoms with van der Waals surface area (Å²) < 4.78 is 0. The van der Waals surface area contributed by atoms with Crippen LogP contribution in [0, 0.1) is 5.92 Å². The fraction of sp³-hybridized carbons (Fsp3) is 0.538. The number of nitrogens with two attached hydrogens (primary N) is 1. The number of hydrogen-bond donors (Lipinski definition) is 3. The van der Waals surface area contributed by atoms with Crippen molar-refractivity contribution in [2.24, 2.45) is 11.8 Å². The van der Waals surface area contributed by atoms with Crippen LogP contribution in [0.1, 0.15) is 23.8 Å². The van der Waals surface area contributed by atoms with Crippen LogP contribution in [0.4, 0.5) is 5.69 Å². The molecule has 0 spiro atoms. The first-order chi connectivity index (χ1) is 9.10. The Morgan fingerprint density at radius 2 is 2.32 bits per heavy atom. The van der Waals surface area contributed by atoms with Crippen LogP contribution in [0.15, 0.2) is 18.3 Å². The predicted molar refractivity (Wildman–Crippen MR) is 74.6 cm³/mol. The Hall–Kier alpha value is -1.66. The van der Waals surface area contributed by atoms with Crippen molar-refractivity contribution in [1.82, 2.24) is 15.2 Å². The van der Waals surface area contributed by atoms with Crippen LogP contribution in [0.25, 0.3) is 0 Å². The van der Waals surface area contributed by atoms with Gasteiger partial charge in [0.1, 0.15) is 5.69 Å². The first-order valence-corrected chi connectivity index (χ1v) is 6.52. The highest BCUT2D eigenvalue weighted by molar-refractivity contribution is 5.92. The Bertz CT molecular complexity index is 433. The molecule has 0 aromatic carbocycles. The number of piperidine rings is 1. The molecule has 2 heterocycles. The maximum absolute atomic E-state index is 12.1. The third kappa shape index (κ3) is 3.42. The summed E-state index contributed by atoms with van der Waals surface area (Å²) in [5.74, 6) is 5.59. The minimum atomic E-state index is -0.120. The molecule has 0 aliphatic carbocycles. The van der Waals surface area contributed by atoms with Gasteiger partial charge in [0.25, 0.3) is 5.91 Å². The Kier molecular flexibility index (Phi) is 4.34. The molecule has 104 valence electrons. The van der Waals surface area contributed by atoms with Gasteiger partial charge in [0.2, 0.25) is 0 Å². The van der Waals surface area contributed by atoms with Gasteiger partial charge in [-0.15, -0.1) is 0 Å². The number of carbonyl (C=O) groups excluding carboxylic acids is 1. The van der Waals surface area contributed by atoms with Gasteiger partial charge in [-0.1, -0.05) is 6.92 Å². The number of rotatable bonds is 3. The number of carbonyl (C=O) groups is 1. The van der Waals surface area contributed by atoms with E-state index in [0.717, 1.165) is 19.5 Å². The normalized spacial score (nSPS) is 23.9. The van der Waals surface area contributed by atoms with Gasteiger partial charge in [-0.05, 0) is 38.1 Å². The molecule has 1 saturated heterocycles. The largest absolute Gasteiger partial charge is 0.348 e. The third-order valence-corrected chi connectivity index (χ3v) is 3.59. The van der Waals surface area contributed by atoms with Crippen LogP contribution in [-0.4, -0.2) is 42.0 Å². The summed E-state index contributed by atoms with van der Waals surface area (Å²) in [5, 5.41) is 3.06. The van der Waals surface area contributed by atoms with Gasteiger partial charge in [-0.2, -0.15) is 0 Å². The third-order valence-electron chi connectivity index (χ3n) is 3.59.